The fourth-order valence-corrected chi connectivity index (χ4v) is 1.64. The minimum absolute atomic E-state index is 0.0528. The summed E-state index contributed by atoms with van der Waals surface area (Å²) in [7, 11) is 0. The molecule has 1 heterocycles. The molecule has 0 radical (unpaired) electrons. The Bertz CT molecular complexity index is 637. The highest BCUT2D eigenvalue weighted by Gasteiger charge is 2.13. The fourth-order valence-electron chi connectivity index (χ4n) is 1.64. The number of benzene rings is 1. The van der Waals surface area contributed by atoms with Crippen molar-refractivity contribution in [2.24, 2.45) is 0 Å². The molecule has 0 aliphatic rings. The second-order valence-corrected chi connectivity index (χ2v) is 4.20. The smallest absolute Gasteiger partial charge is 0.338 e. The van der Waals surface area contributed by atoms with Crippen molar-refractivity contribution in [1.29, 1.82) is 0 Å². The summed E-state index contributed by atoms with van der Waals surface area (Å²) in [6, 6.07) is 5.18. The van der Waals surface area contributed by atoms with Crippen LogP contribution < -0.4 is 0 Å². The summed E-state index contributed by atoms with van der Waals surface area (Å²) >= 11 is 0. The van der Waals surface area contributed by atoms with Gasteiger partial charge in [-0.2, -0.15) is 0 Å². The second kappa shape index (κ2) is 6.55. The maximum absolute atomic E-state index is 11.8. The Hall–Kier alpha value is -2.84. The summed E-state index contributed by atoms with van der Waals surface area (Å²) in [5.41, 5.74) is 0.147. The SMILES string of the molecule is CCCn1nnnc1COC(=O)c1ccc([N+](=O)[O-])cc1. The van der Waals surface area contributed by atoms with Gasteiger partial charge in [-0.15, -0.1) is 5.10 Å². The molecule has 21 heavy (non-hydrogen) atoms. The van der Waals surface area contributed by atoms with Crippen molar-refractivity contribution < 1.29 is 14.5 Å². The number of non-ortho nitro benzene ring substituents is 1. The van der Waals surface area contributed by atoms with Crippen LogP contribution in [0.4, 0.5) is 5.69 Å². The van der Waals surface area contributed by atoms with Gasteiger partial charge in [-0.25, -0.2) is 9.48 Å². The van der Waals surface area contributed by atoms with Gasteiger partial charge >= 0.3 is 5.97 Å². The molecule has 2 aromatic rings. The molecule has 0 aliphatic heterocycles. The van der Waals surface area contributed by atoms with Crippen LogP contribution in [0.1, 0.15) is 29.5 Å². The summed E-state index contributed by atoms with van der Waals surface area (Å²) in [6.07, 6.45) is 0.855. The van der Waals surface area contributed by atoms with Crippen molar-refractivity contribution in [2.45, 2.75) is 26.5 Å². The van der Waals surface area contributed by atoms with Gasteiger partial charge in [0, 0.05) is 18.7 Å². The van der Waals surface area contributed by atoms with E-state index in [0.717, 1.165) is 6.42 Å². The first-order valence-corrected chi connectivity index (χ1v) is 6.28. The molecule has 1 aromatic heterocycles. The summed E-state index contributed by atoms with van der Waals surface area (Å²) < 4.78 is 6.65. The highest BCUT2D eigenvalue weighted by Crippen LogP contribution is 2.13. The molecule has 0 unspecified atom stereocenters. The van der Waals surface area contributed by atoms with Crippen molar-refractivity contribution in [3.05, 3.63) is 45.8 Å². The molecule has 1 aromatic carbocycles. The summed E-state index contributed by atoms with van der Waals surface area (Å²) in [6.45, 7) is 2.56. The van der Waals surface area contributed by atoms with E-state index in [9.17, 15) is 14.9 Å². The molecule has 0 bridgehead atoms. The zero-order chi connectivity index (χ0) is 15.2. The third-order valence-corrected chi connectivity index (χ3v) is 2.69. The van der Waals surface area contributed by atoms with Gasteiger partial charge in [0.25, 0.3) is 5.69 Å². The predicted molar refractivity (Wildman–Crippen MR) is 70.3 cm³/mol. The zero-order valence-corrected chi connectivity index (χ0v) is 11.3. The van der Waals surface area contributed by atoms with Gasteiger partial charge in [0.15, 0.2) is 12.4 Å². The largest absolute Gasteiger partial charge is 0.454 e. The monoisotopic (exact) mass is 291 g/mol. The van der Waals surface area contributed by atoms with Gasteiger partial charge in [-0.05, 0) is 29.0 Å². The minimum atomic E-state index is -0.587. The van der Waals surface area contributed by atoms with Crippen molar-refractivity contribution >= 4 is 11.7 Å². The summed E-state index contributed by atoms with van der Waals surface area (Å²) in [5.74, 6) is -0.136. The number of ether oxygens (including phenoxy) is 1. The third-order valence-electron chi connectivity index (χ3n) is 2.69. The van der Waals surface area contributed by atoms with Crippen LogP contribution in [-0.4, -0.2) is 31.1 Å². The first kappa shape index (κ1) is 14.6. The molecular formula is C12H13N5O4. The average molecular weight is 291 g/mol. The quantitative estimate of drug-likeness (QED) is 0.448. The Kier molecular flexibility index (Phi) is 4.54. The number of nitro benzene ring substituents is 1. The van der Waals surface area contributed by atoms with Crippen LogP contribution in [0.5, 0.6) is 0 Å². The van der Waals surface area contributed by atoms with E-state index in [2.05, 4.69) is 15.5 Å². The Morgan fingerprint density at radius 1 is 1.38 bits per heavy atom. The van der Waals surface area contributed by atoms with E-state index in [1.807, 2.05) is 6.92 Å². The van der Waals surface area contributed by atoms with E-state index in [-0.39, 0.29) is 17.9 Å². The maximum atomic E-state index is 11.8. The van der Waals surface area contributed by atoms with Gasteiger partial charge in [0.1, 0.15) is 0 Å². The van der Waals surface area contributed by atoms with Crippen molar-refractivity contribution in [1.82, 2.24) is 20.2 Å². The number of nitro groups is 1. The van der Waals surface area contributed by atoms with Crippen LogP contribution in [0.15, 0.2) is 24.3 Å². The van der Waals surface area contributed by atoms with Crippen LogP contribution in [0, 0.1) is 10.1 Å². The lowest BCUT2D eigenvalue weighted by molar-refractivity contribution is -0.384. The van der Waals surface area contributed by atoms with E-state index >= 15 is 0 Å². The van der Waals surface area contributed by atoms with Gasteiger partial charge in [-0.1, -0.05) is 6.92 Å². The lowest BCUT2D eigenvalue weighted by Gasteiger charge is -2.05. The molecule has 0 amide bonds. The maximum Gasteiger partial charge on any atom is 0.338 e. The summed E-state index contributed by atoms with van der Waals surface area (Å²) in [4.78, 5) is 21.8. The van der Waals surface area contributed by atoms with Crippen molar-refractivity contribution in [3.63, 3.8) is 0 Å². The Balaban J connectivity index is 1.98. The number of hydrogen-bond donors (Lipinski definition) is 0. The molecule has 9 heteroatoms. The molecule has 0 spiro atoms. The topological polar surface area (TPSA) is 113 Å². The van der Waals surface area contributed by atoms with Crippen molar-refractivity contribution in [2.75, 3.05) is 0 Å². The highest BCUT2D eigenvalue weighted by atomic mass is 16.6. The second-order valence-electron chi connectivity index (χ2n) is 4.20. The van der Waals surface area contributed by atoms with Crippen LogP contribution in [0.3, 0.4) is 0 Å². The van der Waals surface area contributed by atoms with Gasteiger partial charge < -0.3 is 4.74 Å². The number of carbonyl (C=O) groups excluding carboxylic acids is 1. The number of rotatable bonds is 6. The number of nitrogens with zero attached hydrogens (tertiary/aromatic N) is 5. The molecule has 0 aliphatic carbocycles. The van der Waals surface area contributed by atoms with E-state index in [1.165, 1.54) is 24.3 Å². The number of carbonyl (C=O) groups is 1. The van der Waals surface area contributed by atoms with Crippen molar-refractivity contribution in [3.8, 4) is 0 Å². The molecule has 0 saturated carbocycles. The van der Waals surface area contributed by atoms with Gasteiger partial charge in [-0.3, -0.25) is 10.1 Å². The van der Waals surface area contributed by atoms with Crippen LogP contribution in [0.25, 0.3) is 0 Å². The van der Waals surface area contributed by atoms with E-state index in [4.69, 9.17) is 4.74 Å². The summed E-state index contributed by atoms with van der Waals surface area (Å²) in [5, 5.41) is 21.6. The molecule has 0 atom stereocenters. The van der Waals surface area contributed by atoms with E-state index in [1.54, 1.807) is 4.68 Å². The number of aryl methyl sites for hydroxylation is 1. The number of aromatic nitrogens is 4. The average Bonchev–Trinajstić information content (AvgIpc) is 2.92. The molecular weight excluding hydrogens is 278 g/mol. The Morgan fingerprint density at radius 2 is 2.10 bits per heavy atom. The lowest BCUT2D eigenvalue weighted by Crippen LogP contribution is -2.11. The van der Waals surface area contributed by atoms with E-state index < -0.39 is 10.9 Å². The Morgan fingerprint density at radius 3 is 2.71 bits per heavy atom. The third kappa shape index (κ3) is 3.59. The lowest BCUT2D eigenvalue weighted by atomic mass is 10.2. The minimum Gasteiger partial charge on any atom is -0.454 e. The molecule has 2 rings (SSSR count). The molecule has 0 saturated heterocycles. The zero-order valence-electron chi connectivity index (χ0n) is 11.3. The Labute approximate surface area is 119 Å². The number of tetrazole rings is 1. The number of hydrogen-bond acceptors (Lipinski definition) is 7. The van der Waals surface area contributed by atoms with Crippen LogP contribution >= 0.6 is 0 Å². The van der Waals surface area contributed by atoms with Gasteiger partial charge in [0.2, 0.25) is 0 Å². The molecule has 0 fully saturated rings. The number of esters is 1. The first-order valence-electron chi connectivity index (χ1n) is 6.28. The molecule has 9 nitrogen and oxygen atoms in total. The molecule has 0 N–H and O–H groups in total. The van der Waals surface area contributed by atoms with Crippen LogP contribution in [0.2, 0.25) is 0 Å². The van der Waals surface area contributed by atoms with Gasteiger partial charge in [0.05, 0.1) is 10.5 Å². The molecule has 110 valence electrons. The fraction of sp³-hybridized carbons (Fsp3) is 0.333. The predicted octanol–water partition coefficient (Wildman–Crippen LogP) is 1.35. The normalized spacial score (nSPS) is 10.3. The van der Waals surface area contributed by atoms with Crippen LogP contribution in [-0.2, 0) is 17.9 Å². The first-order chi connectivity index (χ1) is 10.1. The highest BCUT2D eigenvalue weighted by molar-refractivity contribution is 5.89. The van der Waals surface area contributed by atoms with E-state index in [0.29, 0.717) is 12.4 Å². The standard InChI is InChI=1S/C12H13N5O4/c1-2-7-16-11(13-14-15-16)8-21-12(18)9-3-5-10(6-4-9)17(19)20/h3-6H,2,7-8H2,1H3.